The molecule has 8 heteroatoms. The molecule has 0 bridgehead atoms. The molecule has 8 nitrogen and oxygen atoms in total. The van der Waals surface area contributed by atoms with Gasteiger partial charge in [0.1, 0.15) is 17.5 Å². The first kappa shape index (κ1) is 17.5. The van der Waals surface area contributed by atoms with E-state index in [4.69, 9.17) is 14.2 Å². The second-order valence-corrected chi connectivity index (χ2v) is 7.05. The van der Waals surface area contributed by atoms with Crippen molar-refractivity contribution in [2.45, 2.75) is 18.9 Å². The number of H-pyrrole nitrogens is 1. The van der Waals surface area contributed by atoms with Crippen molar-refractivity contribution in [3.8, 4) is 28.5 Å². The first-order valence-electron chi connectivity index (χ1n) is 9.58. The number of aromatic nitrogens is 3. The van der Waals surface area contributed by atoms with Crippen molar-refractivity contribution in [3.63, 3.8) is 0 Å². The number of carbonyl (C=O) groups is 1. The fourth-order valence-corrected chi connectivity index (χ4v) is 3.63. The highest BCUT2D eigenvalue weighted by atomic mass is 16.7. The van der Waals surface area contributed by atoms with Gasteiger partial charge in [-0.05, 0) is 49.2 Å². The number of rotatable bonds is 4. The predicted molar refractivity (Wildman–Crippen MR) is 104 cm³/mol. The summed E-state index contributed by atoms with van der Waals surface area (Å²) in [6, 6.07) is 11.0. The summed E-state index contributed by atoms with van der Waals surface area (Å²) in [5.74, 6) is 2.10. The molecule has 1 N–H and O–H groups in total. The van der Waals surface area contributed by atoms with Gasteiger partial charge in [-0.25, -0.2) is 0 Å². The normalized spacial score (nSPS) is 17.9. The Labute approximate surface area is 167 Å². The molecule has 1 fully saturated rings. The average molecular weight is 392 g/mol. The molecule has 0 saturated carbocycles. The number of piperidine rings is 1. The van der Waals surface area contributed by atoms with Crippen LogP contribution in [0.3, 0.4) is 0 Å². The molecule has 0 aliphatic carbocycles. The van der Waals surface area contributed by atoms with Crippen molar-refractivity contribution in [1.82, 2.24) is 20.1 Å². The first-order valence-corrected chi connectivity index (χ1v) is 9.58. The number of hydrogen-bond acceptors (Lipinski definition) is 6. The van der Waals surface area contributed by atoms with Crippen LogP contribution in [-0.2, 0) is 0 Å². The van der Waals surface area contributed by atoms with E-state index in [1.54, 1.807) is 18.5 Å². The summed E-state index contributed by atoms with van der Waals surface area (Å²) in [5.41, 5.74) is 2.01. The van der Waals surface area contributed by atoms with Crippen LogP contribution in [0, 0.1) is 0 Å². The minimum Gasteiger partial charge on any atom is -0.488 e. The summed E-state index contributed by atoms with van der Waals surface area (Å²) in [6.07, 6.45) is 5.17. The smallest absolute Gasteiger partial charge is 0.272 e. The van der Waals surface area contributed by atoms with Crippen LogP contribution in [0.2, 0.25) is 0 Å². The second-order valence-electron chi connectivity index (χ2n) is 7.05. The van der Waals surface area contributed by atoms with E-state index in [9.17, 15) is 4.79 Å². The Morgan fingerprint density at radius 1 is 1.14 bits per heavy atom. The number of pyridine rings is 1. The van der Waals surface area contributed by atoms with E-state index in [1.807, 2.05) is 35.2 Å². The third-order valence-electron chi connectivity index (χ3n) is 5.09. The van der Waals surface area contributed by atoms with Crippen LogP contribution in [0.15, 0.2) is 48.8 Å². The monoisotopic (exact) mass is 392 g/mol. The molecule has 2 aromatic heterocycles. The second kappa shape index (κ2) is 7.46. The highest BCUT2D eigenvalue weighted by Crippen LogP contribution is 2.35. The number of ether oxygens (including phenoxy) is 3. The lowest BCUT2D eigenvalue weighted by atomic mass is 10.1. The molecule has 2 aliphatic rings. The molecule has 2 aliphatic heterocycles. The summed E-state index contributed by atoms with van der Waals surface area (Å²) in [4.78, 5) is 18.8. The van der Waals surface area contributed by atoms with E-state index < -0.39 is 0 Å². The van der Waals surface area contributed by atoms with Crippen molar-refractivity contribution in [2.24, 2.45) is 0 Å². The van der Waals surface area contributed by atoms with Crippen LogP contribution in [0.5, 0.6) is 17.2 Å². The van der Waals surface area contributed by atoms with Crippen LogP contribution in [0.4, 0.5) is 0 Å². The molecule has 5 rings (SSSR count). The van der Waals surface area contributed by atoms with Gasteiger partial charge in [-0.2, -0.15) is 5.10 Å². The Morgan fingerprint density at radius 3 is 2.90 bits per heavy atom. The Hall–Kier alpha value is -3.55. The van der Waals surface area contributed by atoms with E-state index in [-0.39, 0.29) is 18.8 Å². The Balaban J connectivity index is 1.28. The van der Waals surface area contributed by atoms with Crippen LogP contribution in [0.25, 0.3) is 11.3 Å². The van der Waals surface area contributed by atoms with E-state index in [1.165, 1.54) is 0 Å². The molecule has 1 saturated heterocycles. The van der Waals surface area contributed by atoms with Crippen molar-refractivity contribution in [2.75, 3.05) is 19.9 Å². The van der Waals surface area contributed by atoms with Crippen molar-refractivity contribution < 1.29 is 19.0 Å². The maximum absolute atomic E-state index is 13.0. The van der Waals surface area contributed by atoms with Crippen molar-refractivity contribution in [3.05, 3.63) is 54.5 Å². The number of likely N-dealkylation sites (tertiary alicyclic amines) is 1. The summed E-state index contributed by atoms with van der Waals surface area (Å²) in [5, 5.41) is 7.18. The number of benzene rings is 1. The maximum atomic E-state index is 13.0. The quantitative estimate of drug-likeness (QED) is 0.734. The lowest BCUT2D eigenvalue weighted by molar-refractivity contribution is 0.0532. The Kier molecular flexibility index (Phi) is 4.51. The van der Waals surface area contributed by atoms with Crippen LogP contribution >= 0.6 is 0 Å². The van der Waals surface area contributed by atoms with Crippen LogP contribution in [0.1, 0.15) is 23.3 Å². The SMILES string of the molecule is O=C(c1cc(-c2ccc3c(c2)OCO3)n[nH]1)N1CCC[C@H](Oc2ccncc2)C1. The lowest BCUT2D eigenvalue weighted by Gasteiger charge is -2.32. The fourth-order valence-electron chi connectivity index (χ4n) is 3.63. The van der Waals surface area contributed by atoms with E-state index in [0.29, 0.717) is 36.0 Å². The maximum Gasteiger partial charge on any atom is 0.272 e. The van der Waals surface area contributed by atoms with Gasteiger partial charge in [-0.1, -0.05) is 0 Å². The highest BCUT2D eigenvalue weighted by molar-refractivity contribution is 5.93. The van der Waals surface area contributed by atoms with Crippen LogP contribution < -0.4 is 14.2 Å². The number of fused-ring (bicyclic) bond motifs is 1. The summed E-state index contributed by atoms with van der Waals surface area (Å²) in [7, 11) is 0. The van der Waals surface area contributed by atoms with Gasteiger partial charge in [0, 0.05) is 24.5 Å². The molecule has 1 atom stereocenters. The third kappa shape index (κ3) is 3.61. The number of aromatic amines is 1. The van der Waals surface area contributed by atoms with E-state index in [0.717, 1.165) is 24.2 Å². The molecule has 1 aromatic carbocycles. The number of nitrogens with zero attached hydrogens (tertiary/aromatic N) is 3. The fraction of sp³-hybridized carbons (Fsp3) is 0.286. The first-order chi connectivity index (χ1) is 14.3. The molecule has 0 spiro atoms. The van der Waals surface area contributed by atoms with Gasteiger partial charge in [-0.3, -0.25) is 14.9 Å². The zero-order chi connectivity index (χ0) is 19.6. The molecule has 0 radical (unpaired) electrons. The Bertz CT molecular complexity index is 1020. The summed E-state index contributed by atoms with van der Waals surface area (Å²) >= 11 is 0. The third-order valence-corrected chi connectivity index (χ3v) is 5.09. The molecule has 1 amide bonds. The summed E-state index contributed by atoms with van der Waals surface area (Å²) < 4.78 is 16.8. The number of hydrogen-bond donors (Lipinski definition) is 1. The lowest BCUT2D eigenvalue weighted by Crippen LogP contribution is -2.44. The van der Waals surface area contributed by atoms with Crippen molar-refractivity contribution >= 4 is 5.91 Å². The zero-order valence-electron chi connectivity index (χ0n) is 15.7. The Morgan fingerprint density at radius 2 is 2.00 bits per heavy atom. The number of carbonyl (C=O) groups excluding carboxylic acids is 1. The molecule has 0 unspecified atom stereocenters. The van der Waals surface area contributed by atoms with Gasteiger partial charge < -0.3 is 19.1 Å². The van der Waals surface area contributed by atoms with Gasteiger partial charge in [0.05, 0.1) is 12.2 Å². The van der Waals surface area contributed by atoms with Gasteiger partial charge in [0.25, 0.3) is 5.91 Å². The topological polar surface area (TPSA) is 89.6 Å². The minimum absolute atomic E-state index is 0.0358. The number of nitrogens with one attached hydrogen (secondary N) is 1. The van der Waals surface area contributed by atoms with Crippen LogP contribution in [-0.4, -0.2) is 52.0 Å². The zero-order valence-corrected chi connectivity index (χ0v) is 15.7. The van der Waals surface area contributed by atoms with Gasteiger partial charge >= 0.3 is 0 Å². The summed E-state index contributed by atoms with van der Waals surface area (Å²) in [6.45, 7) is 1.47. The van der Waals surface area contributed by atoms with Crippen molar-refractivity contribution in [1.29, 1.82) is 0 Å². The van der Waals surface area contributed by atoms with Gasteiger partial charge in [0.15, 0.2) is 11.5 Å². The van der Waals surface area contributed by atoms with E-state index >= 15 is 0 Å². The molecular weight excluding hydrogens is 372 g/mol. The standard InChI is InChI=1S/C21H20N4O4/c26-21(25-9-1-2-16(12-25)29-15-5-7-22-8-6-15)18-11-17(23-24-18)14-3-4-19-20(10-14)28-13-27-19/h3-8,10-11,16H,1-2,9,12-13H2,(H,23,24)/t16-/m0/s1. The molecule has 3 aromatic rings. The minimum atomic E-state index is -0.0764. The van der Waals surface area contributed by atoms with E-state index in [2.05, 4.69) is 15.2 Å². The number of amides is 1. The predicted octanol–water partition coefficient (Wildman–Crippen LogP) is 2.88. The molecule has 4 heterocycles. The largest absolute Gasteiger partial charge is 0.488 e. The molecule has 29 heavy (non-hydrogen) atoms. The molecular formula is C21H20N4O4. The van der Waals surface area contributed by atoms with Gasteiger partial charge in [0.2, 0.25) is 6.79 Å². The highest BCUT2D eigenvalue weighted by Gasteiger charge is 2.27. The van der Waals surface area contributed by atoms with Gasteiger partial charge in [-0.15, -0.1) is 0 Å². The average Bonchev–Trinajstić information content (AvgIpc) is 3.43. The molecule has 148 valence electrons.